The Morgan fingerprint density at radius 2 is 2.29 bits per heavy atom. The average Bonchev–Trinajstić information content (AvgIpc) is 3.22. The lowest BCUT2D eigenvalue weighted by Gasteiger charge is -2.32. The molecule has 124 valence electrons. The zero-order valence-corrected chi connectivity index (χ0v) is 13.5. The second-order valence-corrected chi connectivity index (χ2v) is 6.04. The summed E-state index contributed by atoms with van der Waals surface area (Å²) >= 11 is 0. The lowest BCUT2D eigenvalue weighted by atomic mass is 10.1. The number of hydrogen-bond acceptors (Lipinski definition) is 4. The molecule has 1 aliphatic heterocycles. The highest BCUT2D eigenvalue weighted by molar-refractivity contribution is 5.88. The smallest absolute Gasteiger partial charge is 0.227 e. The maximum Gasteiger partial charge on any atom is 0.227 e. The number of morpholine rings is 1. The van der Waals surface area contributed by atoms with Crippen LogP contribution in [-0.4, -0.2) is 50.3 Å². The number of aryl methyl sites for hydroxylation is 1. The number of ether oxygens (including phenoxy) is 1. The molecule has 3 aromatic rings. The van der Waals surface area contributed by atoms with Crippen LogP contribution in [0.25, 0.3) is 10.9 Å². The molecule has 1 N–H and O–H groups in total. The summed E-state index contributed by atoms with van der Waals surface area (Å²) in [6.07, 6.45) is 3.72. The SMILES string of the molecule is Cn1cnnc1C1CN(C(=O)Cc2c[nH]c3ccccc23)CCO1. The number of amides is 1. The zero-order chi connectivity index (χ0) is 16.5. The maximum atomic E-state index is 12.7. The second-order valence-electron chi connectivity index (χ2n) is 6.04. The van der Waals surface area contributed by atoms with E-state index in [9.17, 15) is 4.79 Å². The fourth-order valence-electron chi connectivity index (χ4n) is 3.17. The first-order valence-electron chi connectivity index (χ1n) is 8.00. The number of nitrogens with zero attached hydrogens (tertiary/aromatic N) is 4. The lowest BCUT2D eigenvalue weighted by Crippen LogP contribution is -2.43. The molecule has 7 nitrogen and oxygen atoms in total. The van der Waals surface area contributed by atoms with Gasteiger partial charge < -0.3 is 19.2 Å². The number of aromatic nitrogens is 4. The molecule has 3 heterocycles. The van der Waals surface area contributed by atoms with E-state index in [1.807, 2.05) is 47.0 Å². The van der Waals surface area contributed by atoms with Crippen molar-refractivity contribution in [2.24, 2.45) is 7.05 Å². The van der Waals surface area contributed by atoms with Crippen LogP contribution in [0.15, 0.2) is 36.8 Å². The molecule has 0 saturated carbocycles. The number of fused-ring (bicyclic) bond motifs is 1. The van der Waals surface area contributed by atoms with Gasteiger partial charge in [0.2, 0.25) is 5.91 Å². The van der Waals surface area contributed by atoms with Crippen molar-refractivity contribution >= 4 is 16.8 Å². The van der Waals surface area contributed by atoms with Crippen molar-refractivity contribution in [3.8, 4) is 0 Å². The van der Waals surface area contributed by atoms with Crippen molar-refractivity contribution in [3.05, 3.63) is 48.2 Å². The van der Waals surface area contributed by atoms with E-state index in [4.69, 9.17) is 4.74 Å². The van der Waals surface area contributed by atoms with Gasteiger partial charge >= 0.3 is 0 Å². The van der Waals surface area contributed by atoms with Crippen LogP contribution in [0.4, 0.5) is 0 Å². The van der Waals surface area contributed by atoms with Crippen LogP contribution in [-0.2, 0) is 23.0 Å². The number of carbonyl (C=O) groups excluding carboxylic acids is 1. The van der Waals surface area contributed by atoms with E-state index in [-0.39, 0.29) is 12.0 Å². The first kappa shape index (κ1) is 14.9. The Hall–Kier alpha value is -2.67. The van der Waals surface area contributed by atoms with Crippen LogP contribution < -0.4 is 0 Å². The molecule has 1 atom stereocenters. The third-order valence-electron chi connectivity index (χ3n) is 4.47. The molecule has 0 spiro atoms. The van der Waals surface area contributed by atoms with E-state index in [1.165, 1.54) is 0 Å². The summed E-state index contributed by atoms with van der Waals surface area (Å²) < 4.78 is 7.60. The molecule has 2 aromatic heterocycles. The highest BCUT2D eigenvalue weighted by Gasteiger charge is 2.28. The predicted molar refractivity (Wildman–Crippen MR) is 88.3 cm³/mol. The largest absolute Gasteiger partial charge is 0.366 e. The molecule has 24 heavy (non-hydrogen) atoms. The Morgan fingerprint density at radius 1 is 1.42 bits per heavy atom. The van der Waals surface area contributed by atoms with Crippen molar-refractivity contribution < 1.29 is 9.53 Å². The minimum atomic E-state index is -0.224. The number of aromatic amines is 1. The quantitative estimate of drug-likeness (QED) is 0.790. The first-order chi connectivity index (χ1) is 11.7. The van der Waals surface area contributed by atoms with Gasteiger partial charge in [-0.05, 0) is 11.6 Å². The molecule has 1 amide bonds. The summed E-state index contributed by atoms with van der Waals surface area (Å²) in [4.78, 5) is 17.8. The standard InChI is InChI=1S/C17H19N5O2/c1-21-11-19-20-17(21)15-10-22(6-7-24-15)16(23)8-12-9-18-14-5-3-2-4-13(12)14/h2-5,9,11,15,18H,6-8,10H2,1H3. The van der Waals surface area contributed by atoms with Crippen LogP contribution in [0, 0.1) is 0 Å². The number of rotatable bonds is 3. The lowest BCUT2D eigenvalue weighted by molar-refractivity contribution is -0.138. The predicted octanol–water partition coefficient (Wildman–Crippen LogP) is 1.44. The minimum Gasteiger partial charge on any atom is -0.366 e. The molecule has 0 radical (unpaired) electrons. The maximum absolute atomic E-state index is 12.7. The molecule has 1 aromatic carbocycles. The van der Waals surface area contributed by atoms with Crippen LogP contribution in [0.5, 0.6) is 0 Å². The highest BCUT2D eigenvalue weighted by atomic mass is 16.5. The van der Waals surface area contributed by atoms with Crippen molar-refractivity contribution in [1.82, 2.24) is 24.6 Å². The van der Waals surface area contributed by atoms with Gasteiger partial charge in [0.25, 0.3) is 0 Å². The summed E-state index contributed by atoms with van der Waals surface area (Å²) in [5.41, 5.74) is 2.08. The average molecular weight is 325 g/mol. The molecule has 0 bridgehead atoms. The summed E-state index contributed by atoms with van der Waals surface area (Å²) in [6, 6.07) is 8.03. The van der Waals surface area contributed by atoms with E-state index in [0.29, 0.717) is 26.1 Å². The Morgan fingerprint density at radius 3 is 3.12 bits per heavy atom. The Balaban J connectivity index is 1.49. The number of carbonyl (C=O) groups is 1. The van der Waals surface area contributed by atoms with E-state index in [0.717, 1.165) is 22.3 Å². The van der Waals surface area contributed by atoms with Gasteiger partial charge in [0.1, 0.15) is 12.4 Å². The number of hydrogen-bond donors (Lipinski definition) is 1. The Labute approximate surface area is 139 Å². The molecule has 1 saturated heterocycles. The summed E-state index contributed by atoms with van der Waals surface area (Å²) in [6.45, 7) is 1.63. The van der Waals surface area contributed by atoms with Gasteiger partial charge in [0.15, 0.2) is 5.82 Å². The van der Waals surface area contributed by atoms with Crippen LogP contribution in [0.1, 0.15) is 17.5 Å². The minimum absolute atomic E-state index is 0.107. The second kappa shape index (κ2) is 6.09. The van der Waals surface area contributed by atoms with Crippen LogP contribution in [0.3, 0.4) is 0 Å². The first-order valence-corrected chi connectivity index (χ1v) is 8.00. The van der Waals surface area contributed by atoms with Crippen molar-refractivity contribution in [3.63, 3.8) is 0 Å². The van der Waals surface area contributed by atoms with Gasteiger partial charge in [0.05, 0.1) is 19.6 Å². The van der Waals surface area contributed by atoms with Crippen molar-refractivity contribution in [2.45, 2.75) is 12.5 Å². The molecule has 1 fully saturated rings. The van der Waals surface area contributed by atoms with E-state index < -0.39 is 0 Å². The van der Waals surface area contributed by atoms with Gasteiger partial charge in [-0.3, -0.25) is 4.79 Å². The van der Waals surface area contributed by atoms with Gasteiger partial charge in [-0.15, -0.1) is 10.2 Å². The summed E-state index contributed by atoms with van der Waals surface area (Å²) in [5, 5.41) is 9.08. The normalized spacial score (nSPS) is 18.2. The molecule has 0 aliphatic carbocycles. The molecular weight excluding hydrogens is 306 g/mol. The fourth-order valence-corrected chi connectivity index (χ4v) is 3.17. The van der Waals surface area contributed by atoms with Crippen LogP contribution in [0.2, 0.25) is 0 Å². The van der Waals surface area contributed by atoms with Crippen molar-refractivity contribution in [1.29, 1.82) is 0 Å². The summed E-state index contributed by atoms with van der Waals surface area (Å²) in [7, 11) is 1.88. The molecule has 4 rings (SSSR count). The topological polar surface area (TPSA) is 76.0 Å². The highest BCUT2D eigenvalue weighted by Crippen LogP contribution is 2.22. The molecule has 1 unspecified atom stereocenters. The van der Waals surface area contributed by atoms with Crippen molar-refractivity contribution in [2.75, 3.05) is 19.7 Å². The van der Waals surface area contributed by atoms with E-state index >= 15 is 0 Å². The van der Waals surface area contributed by atoms with E-state index in [2.05, 4.69) is 15.2 Å². The van der Waals surface area contributed by atoms with Gasteiger partial charge in [-0.25, -0.2) is 0 Å². The number of para-hydroxylation sites is 1. The third-order valence-corrected chi connectivity index (χ3v) is 4.47. The van der Waals surface area contributed by atoms with Gasteiger partial charge in [-0.2, -0.15) is 0 Å². The number of benzene rings is 1. The zero-order valence-electron chi connectivity index (χ0n) is 13.5. The Kier molecular flexibility index (Phi) is 3.78. The van der Waals surface area contributed by atoms with Crippen LogP contribution >= 0.6 is 0 Å². The van der Waals surface area contributed by atoms with E-state index in [1.54, 1.807) is 6.33 Å². The molecule has 1 aliphatic rings. The molecule has 7 heteroatoms. The molecular formula is C17H19N5O2. The summed E-state index contributed by atoms with van der Waals surface area (Å²) in [5.74, 6) is 0.856. The number of H-pyrrole nitrogens is 1. The van der Waals surface area contributed by atoms with Gasteiger partial charge in [-0.1, -0.05) is 18.2 Å². The third kappa shape index (κ3) is 2.67. The number of nitrogens with one attached hydrogen (secondary N) is 1. The fraction of sp³-hybridized carbons (Fsp3) is 0.353. The van der Waals surface area contributed by atoms with Gasteiger partial charge in [0, 0.05) is 30.7 Å². The monoisotopic (exact) mass is 325 g/mol. The Bertz CT molecular complexity index is 869.